The Balaban J connectivity index is 0.00000192. The lowest BCUT2D eigenvalue weighted by Gasteiger charge is -2.38. The number of anilines is 1. The molecule has 2 unspecified atom stereocenters. The molecular weight excluding hydrogens is 333 g/mol. The summed E-state index contributed by atoms with van der Waals surface area (Å²) in [6.07, 6.45) is 4.00. The highest BCUT2D eigenvalue weighted by molar-refractivity contribution is 6.30. The highest BCUT2D eigenvalue weighted by atomic mass is 35.5. The minimum Gasteiger partial charge on any atom is -0.368 e. The van der Waals surface area contributed by atoms with Crippen molar-refractivity contribution in [2.75, 3.05) is 31.1 Å². The Morgan fingerprint density at radius 3 is 2.57 bits per heavy atom. The third-order valence-corrected chi connectivity index (χ3v) is 5.06. The van der Waals surface area contributed by atoms with E-state index in [4.69, 9.17) is 17.3 Å². The van der Waals surface area contributed by atoms with Gasteiger partial charge in [-0.1, -0.05) is 24.1 Å². The van der Waals surface area contributed by atoms with Crippen molar-refractivity contribution >= 4 is 35.6 Å². The Labute approximate surface area is 149 Å². The molecule has 0 bridgehead atoms. The molecule has 1 aromatic rings. The summed E-state index contributed by atoms with van der Waals surface area (Å²) >= 11 is 6.06. The van der Waals surface area contributed by atoms with E-state index in [2.05, 4.69) is 11.0 Å². The first kappa shape index (κ1) is 18.4. The maximum Gasteiger partial charge on any atom is 0.225 e. The highest BCUT2D eigenvalue weighted by Crippen LogP contribution is 2.26. The molecule has 1 heterocycles. The van der Waals surface area contributed by atoms with Crippen molar-refractivity contribution in [3.63, 3.8) is 0 Å². The van der Waals surface area contributed by atoms with E-state index in [1.807, 2.05) is 23.1 Å². The number of hydrogen-bond donors (Lipinski definition) is 1. The summed E-state index contributed by atoms with van der Waals surface area (Å²) in [5, 5.41) is 0.757. The molecule has 1 amide bonds. The van der Waals surface area contributed by atoms with E-state index in [0.717, 1.165) is 62.6 Å². The van der Waals surface area contributed by atoms with Gasteiger partial charge in [0.05, 0.1) is 0 Å². The van der Waals surface area contributed by atoms with Crippen molar-refractivity contribution in [1.82, 2.24) is 4.90 Å². The molecule has 128 valence electrons. The highest BCUT2D eigenvalue weighted by Gasteiger charge is 2.30. The minimum absolute atomic E-state index is 0. The lowest BCUT2D eigenvalue weighted by molar-refractivity contribution is -0.137. The number of hydrogen-bond acceptors (Lipinski definition) is 3. The molecule has 0 aromatic heterocycles. The van der Waals surface area contributed by atoms with Gasteiger partial charge in [-0.15, -0.1) is 12.4 Å². The number of piperazine rings is 1. The van der Waals surface area contributed by atoms with Crippen LogP contribution in [0.25, 0.3) is 0 Å². The number of amides is 1. The first-order chi connectivity index (χ1) is 10.6. The van der Waals surface area contributed by atoms with Crippen LogP contribution in [-0.2, 0) is 4.79 Å². The van der Waals surface area contributed by atoms with Crippen molar-refractivity contribution in [2.45, 2.75) is 31.7 Å². The third-order valence-electron chi connectivity index (χ3n) is 4.83. The first-order valence-electron chi connectivity index (χ1n) is 8.18. The van der Waals surface area contributed by atoms with Gasteiger partial charge in [0.25, 0.3) is 0 Å². The Bertz CT molecular complexity index is 532. The predicted octanol–water partition coefficient (Wildman–Crippen LogP) is 2.93. The van der Waals surface area contributed by atoms with Crippen LogP contribution in [0.15, 0.2) is 24.3 Å². The lowest BCUT2D eigenvalue weighted by Crippen LogP contribution is -2.51. The van der Waals surface area contributed by atoms with Crippen LogP contribution in [-0.4, -0.2) is 43.0 Å². The topological polar surface area (TPSA) is 49.6 Å². The monoisotopic (exact) mass is 357 g/mol. The van der Waals surface area contributed by atoms with Crippen LogP contribution in [0.4, 0.5) is 5.69 Å². The van der Waals surface area contributed by atoms with Gasteiger partial charge in [0.1, 0.15) is 0 Å². The summed E-state index contributed by atoms with van der Waals surface area (Å²) in [5.41, 5.74) is 7.15. The molecule has 2 N–H and O–H groups in total. The maximum atomic E-state index is 12.6. The summed E-state index contributed by atoms with van der Waals surface area (Å²) in [6, 6.07) is 8.12. The summed E-state index contributed by atoms with van der Waals surface area (Å²) in [6.45, 7) is 3.31. The smallest absolute Gasteiger partial charge is 0.225 e. The Kier molecular flexibility index (Phi) is 6.57. The first-order valence-corrected chi connectivity index (χ1v) is 8.56. The largest absolute Gasteiger partial charge is 0.368 e. The van der Waals surface area contributed by atoms with Crippen LogP contribution < -0.4 is 10.6 Å². The van der Waals surface area contributed by atoms with Gasteiger partial charge in [-0.05, 0) is 37.5 Å². The summed E-state index contributed by atoms with van der Waals surface area (Å²) in [7, 11) is 0. The second kappa shape index (κ2) is 8.22. The third kappa shape index (κ3) is 4.52. The van der Waals surface area contributed by atoms with E-state index in [9.17, 15) is 4.79 Å². The zero-order valence-electron chi connectivity index (χ0n) is 13.3. The molecule has 0 radical (unpaired) electrons. The molecule has 1 saturated carbocycles. The molecule has 6 heteroatoms. The average molecular weight is 358 g/mol. The quantitative estimate of drug-likeness (QED) is 0.884. The second-order valence-electron chi connectivity index (χ2n) is 6.42. The van der Waals surface area contributed by atoms with Crippen molar-refractivity contribution in [1.29, 1.82) is 0 Å². The van der Waals surface area contributed by atoms with Crippen molar-refractivity contribution < 1.29 is 4.79 Å². The van der Waals surface area contributed by atoms with E-state index in [1.165, 1.54) is 0 Å². The van der Waals surface area contributed by atoms with E-state index in [-0.39, 0.29) is 24.4 Å². The van der Waals surface area contributed by atoms with Crippen LogP contribution in [0.3, 0.4) is 0 Å². The predicted molar refractivity (Wildman–Crippen MR) is 97.4 cm³/mol. The average Bonchev–Trinajstić information content (AvgIpc) is 2.54. The SMILES string of the molecule is Cl.NC1CCCC(C(=O)N2CCN(c3cccc(Cl)c3)CC2)C1. The fourth-order valence-corrected chi connectivity index (χ4v) is 3.75. The van der Waals surface area contributed by atoms with E-state index in [0.29, 0.717) is 5.91 Å². The standard InChI is InChI=1S/C17H24ClN3O.ClH/c18-14-4-2-6-16(12-14)20-7-9-21(10-8-20)17(22)13-3-1-5-15(19)11-13;/h2,4,6,12-13,15H,1,3,5,7-11,19H2;1H. The molecule has 1 aliphatic heterocycles. The number of benzene rings is 1. The van der Waals surface area contributed by atoms with Gasteiger partial charge >= 0.3 is 0 Å². The summed E-state index contributed by atoms with van der Waals surface area (Å²) in [4.78, 5) is 16.9. The number of carbonyl (C=O) groups excluding carboxylic acids is 1. The molecule has 1 aliphatic carbocycles. The minimum atomic E-state index is 0. The lowest BCUT2D eigenvalue weighted by atomic mass is 9.85. The van der Waals surface area contributed by atoms with E-state index in [1.54, 1.807) is 0 Å². The van der Waals surface area contributed by atoms with Gasteiger partial charge in [-0.2, -0.15) is 0 Å². The van der Waals surface area contributed by atoms with Crippen molar-refractivity contribution in [3.8, 4) is 0 Å². The van der Waals surface area contributed by atoms with Crippen molar-refractivity contribution in [2.24, 2.45) is 11.7 Å². The van der Waals surface area contributed by atoms with Gasteiger partial charge in [-0.25, -0.2) is 0 Å². The van der Waals surface area contributed by atoms with Gasteiger partial charge < -0.3 is 15.5 Å². The molecule has 4 nitrogen and oxygen atoms in total. The van der Waals surface area contributed by atoms with E-state index < -0.39 is 0 Å². The van der Waals surface area contributed by atoms with Crippen LogP contribution in [0.5, 0.6) is 0 Å². The van der Waals surface area contributed by atoms with Gasteiger partial charge in [-0.3, -0.25) is 4.79 Å². The molecule has 2 aliphatic rings. The van der Waals surface area contributed by atoms with E-state index >= 15 is 0 Å². The number of nitrogens with zero attached hydrogens (tertiary/aromatic N) is 2. The maximum absolute atomic E-state index is 12.6. The van der Waals surface area contributed by atoms with Gasteiger partial charge in [0, 0.05) is 48.8 Å². The van der Waals surface area contributed by atoms with Crippen LogP contribution in [0.1, 0.15) is 25.7 Å². The van der Waals surface area contributed by atoms with Crippen molar-refractivity contribution in [3.05, 3.63) is 29.3 Å². The Hall–Kier alpha value is -0.970. The fraction of sp³-hybridized carbons (Fsp3) is 0.588. The Morgan fingerprint density at radius 1 is 1.17 bits per heavy atom. The molecule has 23 heavy (non-hydrogen) atoms. The number of carbonyl (C=O) groups is 1. The van der Waals surface area contributed by atoms with Crippen LogP contribution in [0, 0.1) is 5.92 Å². The Morgan fingerprint density at radius 2 is 1.91 bits per heavy atom. The number of halogens is 2. The second-order valence-corrected chi connectivity index (χ2v) is 6.85. The molecule has 1 saturated heterocycles. The number of rotatable bonds is 2. The molecule has 2 fully saturated rings. The summed E-state index contributed by atoms with van der Waals surface area (Å²) in [5.74, 6) is 0.447. The zero-order chi connectivity index (χ0) is 15.5. The fourth-order valence-electron chi connectivity index (χ4n) is 3.57. The van der Waals surface area contributed by atoms with Crippen LogP contribution in [0.2, 0.25) is 5.02 Å². The van der Waals surface area contributed by atoms with Gasteiger partial charge in [0.2, 0.25) is 5.91 Å². The molecule has 2 atom stereocenters. The summed E-state index contributed by atoms with van der Waals surface area (Å²) < 4.78 is 0. The molecule has 3 rings (SSSR count). The van der Waals surface area contributed by atoms with Gasteiger partial charge in [0.15, 0.2) is 0 Å². The number of nitrogens with two attached hydrogens (primary N) is 1. The molecule has 1 aromatic carbocycles. The van der Waals surface area contributed by atoms with Crippen LogP contribution >= 0.6 is 24.0 Å². The zero-order valence-corrected chi connectivity index (χ0v) is 14.9. The molecule has 0 spiro atoms. The normalized spacial score (nSPS) is 25.0. The molecular formula is C17H25Cl2N3O.